The Morgan fingerprint density at radius 3 is 2.88 bits per heavy atom. The van der Waals surface area contributed by atoms with Crippen LogP contribution >= 0.6 is 11.3 Å². The zero-order valence-electron chi connectivity index (χ0n) is 10.6. The summed E-state index contributed by atoms with van der Waals surface area (Å²) in [6.07, 6.45) is 0.102. The Labute approximate surface area is 105 Å². The molecule has 0 radical (unpaired) electrons. The van der Waals surface area contributed by atoms with Crippen LogP contribution in [0.5, 0.6) is 0 Å². The van der Waals surface area contributed by atoms with E-state index < -0.39 is 0 Å². The van der Waals surface area contributed by atoms with E-state index in [-0.39, 0.29) is 12.1 Å². The summed E-state index contributed by atoms with van der Waals surface area (Å²) in [5.74, 6) is -0.310. The van der Waals surface area contributed by atoms with Gasteiger partial charge in [-0.05, 0) is 20.8 Å². The number of nitrogens with zero attached hydrogens (tertiary/aromatic N) is 1. The van der Waals surface area contributed by atoms with Crippen LogP contribution in [0.3, 0.4) is 0 Å². The first-order chi connectivity index (χ1) is 8.08. The van der Waals surface area contributed by atoms with E-state index in [4.69, 9.17) is 9.47 Å². The highest BCUT2D eigenvalue weighted by Crippen LogP contribution is 2.23. The second-order valence-electron chi connectivity index (χ2n) is 3.58. The van der Waals surface area contributed by atoms with Gasteiger partial charge in [0.25, 0.3) is 0 Å². The molecule has 0 fully saturated rings. The predicted octanol–water partition coefficient (Wildman–Crippen LogP) is 2.08. The van der Waals surface area contributed by atoms with E-state index in [2.05, 4.69) is 10.3 Å². The first-order valence-corrected chi connectivity index (χ1v) is 6.31. The summed E-state index contributed by atoms with van der Waals surface area (Å²) in [6.45, 7) is 6.58. The molecule has 1 N–H and O–H groups in total. The van der Waals surface area contributed by atoms with Gasteiger partial charge in [0.05, 0.1) is 18.4 Å². The molecule has 0 bridgehead atoms. The van der Waals surface area contributed by atoms with Crippen molar-refractivity contribution < 1.29 is 14.3 Å². The Morgan fingerprint density at radius 2 is 2.29 bits per heavy atom. The molecule has 17 heavy (non-hydrogen) atoms. The van der Waals surface area contributed by atoms with Crippen molar-refractivity contribution in [2.24, 2.45) is 0 Å². The normalized spacial score (nSPS) is 12.2. The Bertz CT molecular complexity index is 379. The molecule has 1 atom stereocenters. The molecule has 0 amide bonds. The topological polar surface area (TPSA) is 60.5 Å². The summed E-state index contributed by atoms with van der Waals surface area (Å²) in [5, 5.41) is 3.85. The molecule has 0 aromatic carbocycles. The zero-order chi connectivity index (χ0) is 12.8. The SMILES string of the molecule is CCOC(=O)c1sc(NCC(C)OC)nc1C. The number of aryl methyl sites for hydroxylation is 1. The Morgan fingerprint density at radius 1 is 1.59 bits per heavy atom. The van der Waals surface area contributed by atoms with E-state index in [9.17, 15) is 4.79 Å². The fraction of sp³-hybridized carbons (Fsp3) is 0.636. The van der Waals surface area contributed by atoms with Gasteiger partial charge in [-0.2, -0.15) is 0 Å². The van der Waals surface area contributed by atoms with Gasteiger partial charge in [-0.3, -0.25) is 0 Å². The fourth-order valence-electron chi connectivity index (χ4n) is 1.17. The van der Waals surface area contributed by atoms with Gasteiger partial charge in [-0.15, -0.1) is 0 Å². The average Bonchev–Trinajstić information content (AvgIpc) is 2.68. The number of esters is 1. The van der Waals surface area contributed by atoms with E-state index >= 15 is 0 Å². The lowest BCUT2D eigenvalue weighted by molar-refractivity contribution is 0.0531. The maximum atomic E-state index is 11.6. The quantitative estimate of drug-likeness (QED) is 0.792. The van der Waals surface area contributed by atoms with Gasteiger partial charge >= 0.3 is 5.97 Å². The third-order valence-corrected chi connectivity index (χ3v) is 3.30. The number of anilines is 1. The molecule has 0 saturated carbocycles. The lowest BCUT2D eigenvalue weighted by atomic mass is 10.4. The van der Waals surface area contributed by atoms with Crippen LogP contribution in [0.25, 0.3) is 0 Å². The summed E-state index contributed by atoms with van der Waals surface area (Å²) in [6, 6.07) is 0. The highest BCUT2D eigenvalue weighted by atomic mass is 32.1. The number of hydrogen-bond donors (Lipinski definition) is 1. The van der Waals surface area contributed by atoms with Crippen molar-refractivity contribution in [1.82, 2.24) is 4.98 Å². The summed E-state index contributed by atoms with van der Waals surface area (Å²) in [5.41, 5.74) is 0.695. The number of carbonyl (C=O) groups excluding carboxylic acids is 1. The van der Waals surface area contributed by atoms with Crippen molar-refractivity contribution in [3.05, 3.63) is 10.6 Å². The van der Waals surface area contributed by atoms with E-state index in [1.807, 2.05) is 6.92 Å². The van der Waals surface area contributed by atoms with Gasteiger partial charge in [0, 0.05) is 13.7 Å². The van der Waals surface area contributed by atoms with E-state index in [0.29, 0.717) is 23.7 Å². The fourth-order valence-corrected chi connectivity index (χ4v) is 2.04. The highest BCUT2D eigenvalue weighted by molar-refractivity contribution is 7.17. The minimum Gasteiger partial charge on any atom is -0.462 e. The molecular formula is C11H18N2O3S. The Kier molecular flexibility index (Phi) is 5.37. The monoisotopic (exact) mass is 258 g/mol. The maximum absolute atomic E-state index is 11.6. The third-order valence-electron chi connectivity index (χ3n) is 2.20. The molecule has 96 valence electrons. The number of rotatable bonds is 6. The first kappa shape index (κ1) is 13.9. The minimum absolute atomic E-state index is 0.102. The number of carbonyl (C=O) groups is 1. The molecule has 1 unspecified atom stereocenters. The van der Waals surface area contributed by atoms with Gasteiger partial charge in [0.1, 0.15) is 4.88 Å². The van der Waals surface area contributed by atoms with Crippen molar-refractivity contribution >= 4 is 22.4 Å². The largest absolute Gasteiger partial charge is 0.462 e. The molecule has 1 aromatic heterocycles. The number of methoxy groups -OCH3 is 1. The molecule has 0 aliphatic heterocycles. The molecule has 6 heteroatoms. The second-order valence-corrected chi connectivity index (χ2v) is 4.58. The third kappa shape index (κ3) is 3.98. The number of hydrogen-bond acceptors (Lipinski definition) is 6. The average molecular weight is 258 g/mol. The molecular weight excluding hydrogens is 240 g/mol. The van der Waals surface area contributed by atoms with Crippen molar-refractivity contribution in [1.29, 1.82) is 0 Å². The molecule has 0 spiro atoms. The van der Waals surface area contributed by atoms with Gasteiger partial charge in [0.15, 0.2) is 5.13 Å². The lowest BCUT2D eigenvalue weighted by Gasteiger charge is -2.08. The molecule has 0 saturated heterocycles. The molecule has 5 nitrogen and oxygen atoms in total. The lowest BCUT2D eigenvalue weighted by Crippen LogP contribution is -2.17. The maximum Gasteiger partial charge on any atom is 0.350 e. The van der Waals surface area contributed by atoms with Crippen LogP contribution in [0.1, 0.15) is 29.2 Å². The molecule has 0 aliphatic carbocycles. The summed E-state index contributed by atoms with van der Waals surface area (Å²) < 4.78 is 10.1. The summed E-state index contributed by atoms with van der Waals surface area (Å²) in [7, 11) is 1.66. The van der Waals surface area contributed by atoms with Gasteiger partial charge in [-0.1, -0.05) is 11.3 Å². The van der Waals surface area contributed by atoms with Crippen LogP contribution in [0, 0.1) is 6.92 Å². The second kappa shape index (κ2) is 6.56. The molecule has 0 aliphatic rings. The van der Waals surface area contributed by atoms with Crippen molar-refractivity contribution in [3.8, 4) is 0 Å². The van der Waals surface area contributed by atoms with E-state index in [1.165, 1.54) is 11.3 Å². The van der Waals surface area contributed by atoms with Crippen LogP contribution in [0.15, 0.2) is 0 Å². The van der Waals surface area contributed by atoms with Crippen molar-refractivity contribution in [2.75, 3.05) is 25.6 Å². The highest BCUT2D eigenvalue weighted by Gasteiger charge is 2.16. The molecule has 1 aromatic rings. The standard InChI is InChI=1S/C11H18N2O3S/c1-5-16-10(14)9-8(3)13-11(17-9)12-6-7(2)15-4/h7H,5-6H2,1-4H3,(H,12,13). The van der Waals surface area contributed by atoms with Gasteiger partial charge in [-0.25, -0.2) is 9.78 Å². The Balaban J connectivity index is 2.64. The van der Waals surface area contributed by atoms with E-state index in [1.54, 1.807) is 21.0 Å². The van der Waals surface area contributed by atoms with Crippen molar-refractivity contribution in [2.45, 2.75) is 26.9 Å². The minimum atomic E-state index is -0.310. The van der Waals surface area contributed by atoms with Crippen LogP contribution in [-0.4, -0.2) is 37.3 Å². The smallest absolute Gasteiger partial charge is 0.350 e. The Hall–Kier alpha value is -1.14. The number of thiazole rings is 1. The van der Waals surface area contributed by atoms with Crippen molar-refractivity contribution in [3.63, 3.8) is 0 Å². The first-order valence-electron chi connectivity index (χ1n) is 5.49. The summed E-state index contributed by atoms with van der Waals surface area (Å²) >= 11 is 1.31. The van der Waals surface area contributed by atoms with Crippen LogP contribution in [0.4, 0.5) is 5.13 Å². The molecule has 1 heterocycles. The van der Waals surface area contributed by atoms with E-state index in [0.717, 1.165) is 5.13 Å². The number of aromatic nitrogens is 1. The van der Waals surface area contributed by atoms with Crippen LogP contribution in [-0.2, 0) is 9.47 Å². The molecule has 1 rings (SSSR count). The number of nitrogens with one attached hydrogen (secondary N) is 1. The van der Waals surface area contributed by atoms with Gasteiger partial charge < -0.3 is 14.8 Å². The predicted molar refractivity (Wildman–Crippen MR) is 67.8 cm³/mol. The number of ether oxygens (including phenoxy) is 2. The van der Waals surface area contributed by atoms with Crippen LogP contribution < -0.4 is 5.32 Å². The van der Waals surface area contributed by atoms with Gasteiger partial charge in [0.2, 0.25) is 0 Å². The zero-order valence-corrected chi connectivity index (χ0v) is 11.4. The van der Waals surface area contributed by atoms with Crippen LogP contribution in [0.2, 0.25) is 0 Å². The summed E-state index contributed by atoms with van der Waals surface area (Å²) in [4.78, 5) is 16.4.